The minimum Gasteiger partial charge on any atom is -0.482 e. The van der Waals surface area contributed by atoms with Crippen molar-refractivity contribution in [3.8, 4) is 5.75 Å². The normalized spacial score (nSPS) is 18.0. The summed E-state index contributed by atoms with van der Waals surface area (Å²) in [5.41, 5.74) is 0.383. The van der Waals surface area contributed by atoms with Gasteiger partial charge < -0.3 is 14.7 Å². The van der Waals surface area contributed by atoms with Gasteiger partial charge in [0.2, 0.25) is 10.0 Å². The average molecular weight is 370 g/mol. The molecule has 1 aromatic rings. The number of carbonyl (C=O) groups is 2. The number of carboxylic acids is 1. The third-order valence-electron chi connectivity index (χ3n) is 3.91. The van der Waals surface area contributed by atoms with Crippen molar-refractivity contribution in [1.29, 1.82) is 0 Å². The molecule has 1 aliphatic rings. The molecule has 1 aliphatic heterocycles. The van der Waals surface area contributed by atoms with E-state index in [9.17, 15) is 18.0 Å². The number of rotatable bonds is 7. The lowest BCUT2D eigenvalue weighted by Crippen LogP contribution is -2.49. The summed E-state index contributed by atoms with van der Waals surface area (Å²) < 4.78 is 30.2. The van der Waals surface area contributed by atoms with Crippen LogP contribution in [0, 0.1) is 0 Å². The van der Waals surface area contributed by atoms with Gasteiger partial charge in [0, 0.05) is 24.7 Å². The maximum Gasteiger partial charge on any atom is 0.341 e. The second kappa shape index (κ2) is 8.30. The van der Waals surface area contributed by atoms with Gasteiger partial charge in [-0.1, -0.05) is 6.07 Å². The number of carbonyl (C=O) groups excluding carboxylic acids is 1. The van der Waals surface area contributed by atoms with Crippen LogP contribution in [-0.2, 0) is 14.8 Å². The summed E-state index contributed by atoms with van der Waals surface area (Å²) in [5.74, 6) is -1.02. The van der Waals surface area contributed by atoms with E-state index < -0.39 is 22.6 Å². The molecule has 138 valence electrons. The Morgan fingerprint density at radius 3 is 2.80 bits per heavy atom. The monoisotopic (exact) mass is 370 g/mol. The number of hydrogen-bond acceptors (Lipinski definition) is 5. The lowest BCUT2D eigenvalue weighted by atomic mass is 10.0. The first-order valence-electron chi connectivity index (χ1n) is 7.96. The van der Waals surface area contributed by atoms with Gasteiger partial charge in [-0.25, -0.2) is 17.9 Å². The average Bonchev–Trinajstić information content (AvgIpc) is 2.57. The molecule has 9 heteroatoms. The number of piperidine rings is 1. The number of aliphatic carboxylic acids is 1. The zero-order valence-electron chi connectivity index (χ0n) is 14.0. The molecule has 8 nitrogen and oxygen atoms in total. The number of likely N-dealkylation sites (tertiary alicyclic amines) is 1. The molecule has 2 N–H and O–H groups in total. The Hall–Kier alpha value is -2.13. The Morgan fingerprint density at radius 2 is 2.12 bits per heavy atom. The summed E-state index contributed by atoms with van der Waals surface area (Å²) in [6, 6.07) is 6.13. The van der Waals surface area contributed by atoms with Gasteiger partial charge in [-0.15, -0.1) is 0 Å². The van der Waals surface area contributed by atoms with Crippen LogP contribution < -0.4 is 9.46 Å². The van der Waals surface area contributed by atoms with Crippen LogP contribution in [0.15, 0.2) is 24.3 Å². The highest BCUT2D eigenvalue weighted by Gasteiger charge is 2.28. The standard InChI is InChI=1S/C16H22N2O6S/c1-25(22,23)17-10-13-6-2-3-8-18(13)16(21)12-5-4-7-14(9-12)24-11-15(19)20/h4-5,7,9,13,17H,2-3,6,8,10-11H2,1H3,(H,19,20). The zero-order chi connectivity index (χ0) is 18.4. The fraction of sp³-hybridized carbons (Fsp3) is 0.500. The quantitative estimate of drug-likeness (QED) is 0.730. The number of ether oxygens (including phenoxy) is 1. The smallest absolute Gasteiger partial charge is 0.341 e. The Morgan fingerprint density at radius 1 is 1.36 bits per heavy atom. The van der Waals surface area contributed by atoms with Crippen molar-refractivity contribution in [2.75, 3.05) is 26.0 Å². The molecule has 1 atom stereocenters. The van der Waals surface area contributed by atoms with Crippen molar-refractivity contribution >= 4 is 21.9 Å². The molecule has 1 heterocycles. The molecule has 1 unspecified atom stereocenters. The summed E-state index contributed by atoms with van der Waals surface area (Å²) in [6.45, 7) is 0.247. The molecule has 1 fully saturated rings. The van der Waals surface area contributed by atoms with E-state index in [-0.39, 0.29) is 18.5 Å². The van der Waals surface area contributed by atoms with Crippen molar-refractivity contribution < 1.29 is 27.9 Å². The number of sulfonamides is 1. The minimum absolute atomic E-state index is 0.180. The fourth-order valence-electron chi connectivity index (χ4n) is 2.76. The largest absolute Gasteiger partial charge is 0.482 e. The van der Waals surface area contributed by atoms with Crippen LogP contribution in [0.2, 0.25) is 0 Å². The molecule has 0 saturated carbocycles. The molecule has 0 radical (unpaired) electrons. The predicted octanol–water partition coefficient (Wildman–Crippen LogP) is 0.694. The van der Waals surface area contributed by atoms with Gasteiger partial charge in [-0.05, 0) is 37.5 Å². The number of nitrogens with zero attached hydrogens (tertiary/aromatic N) is 1. The van der Waals surface area contributed by atoms with E-state index in [1.807, 2.05) is 0 Å². The molecule has 0 bridgehead atoms. The Labute approximate surface area is 146 Å². The number of hydrogen-bond donors (Lipinski definition) is 2. The Balaban J connectivity index is 2.10. The van der Waals surface area contributed by atoms with Crippen molar-refractivity contribution in [2.24, 2.45) is 0 Å². The van der Waals surface area contributed by atoms with Gasteiger partial charge >= 0.3 is 5.97 Å². The van der Waals surface area contributed by atoms with E-state index in [0.29, 0.717) is 17.9 Å². The molecule has 1 saturated heterocycles. The molecule has 2 rings (SSSR count). The second-order valence-corrected chi connectivity index (χ2v) is 7.81. The lowest BCUT2D eigenvalue weighted by Gasteiger charge is -2.36. The number of amides is 1. The maximum atomic E-state index is 12.8. The zero-order valence-corrected chi connectivity index (χ0v) is 14.8. The van der Waals surface area contributed by atoms with Crippen LogP contribution in [-0.4, -0.2) is 62.3 Å². The highest BCUT2D eigenvalue weighted by atomic mass is 32.2. The van der Waals surface area contributed by atoms with Crippen LogP contribution in [0.1, 0.15) is 29.6 Å². The highest BCUT2D eigenvalue weighted by Crippen LogP contribution is 2.21. The molecule has 0 aromatic heterocycles. The Kier molecular flexibility index (Phi) is 6.38. The summed E-state index contributed by atoms with van der Waals surface area (Å²) in [4.78, 5) is 25.0. The first kappa shape index (κ1) is 19.2. The third kappa shape index (κ3) is 6.02. The SMILES string of the molecule is CS(=O)(=O)NCC1CCCCN1C(=O)c1cccc(OCC(=O)O)c1. The molecule has 0 aliphatic carbocycles. The van der Waals surface area contributed by atoms with E-state index >= 15 is 0 Å². The first-order valence-corrected chi connectivity index (χ1v) is 9.85. The van der Waals surface area contributed by atoms with E-state index in [2.05, 4.69) is 4.72 Å². The van der Waals surface area contributed by atoms with Crippen LogP contribution in [0.5, 0.6) is 5.75 Å². The van der Waals surface area contributed by atoms with Gasteiger partial charge in [0.05, 0.1) is 6.26 Å². The topological polar surface area (TPSA) is 113 Å². The first-order chi connectivity index (χ1) is 11.8. The molecular weight excluding hydrogens is 348 g/mol. The maximum absolute atomic E-state index is 12.8. The fourth-order valence-corrected chi connectivity index (χ4v) is 3.25. The molecule has 1 amide bonds. The lowest BCUT2D eigenvalue weighted by molar-refractivity contribution is -0.139. The van der Waals surface area contributed by atoms with Gasteiger partial charge in [0.1, 0.15) is 5.75 Å². The molecule has 25 heavy (non-hydrogen) atoms. The van der Waals surface area contributed by atoms with Crippen LogP contribution in [0.25, 0.3) is 0 Å². The summed E-state index contributed by atoms with van der Waals surface area (Å²) in [5, 5.41) is 8.66. The van der Waals surface area contributed by atoms with E-state index in [0.717, 1.165) is 25.5 Å². The van der Waals surface area contributed by atoms with Crippen LogP contribution in [0.4, 0.5) is 0 Å². The van der Waals surface area contributed by atoms with Crippen molar-refractivity contribution in [1.82, 2.24) is 9.62 Å². The van der Waals surface area contributed by atoms with E-state index in [4.69, 9.17) is 9.84 Å². The van der Waals surface area contributed by atoms with Crippen LogP contribution in [0.3, 0.4) is 0 Å². The van der Waals surface area contributed by atoms with Crippen molar-refractivity contribution in [3.05, 3.63) is 29.8 Å². The van der Waals surface area contributed by atoms with Crippen LogP contribution >= 0.6 is 0 Å². The molecule has 0 spiro atoms. The van der Waals surface area contributed by atoms with E-state index in [1.54, 1.807) is 23.1 Å². The minimum atomic E-state index is -3.32. The molecule has 1 aromatic carbocycles. The summed E-state index contributed by atoms with van der Waals surface area (Å²) >= 11 is 0. The molecular formula is C16H22N2O6S. The number of carboxylic acid groups (broad SMARTS) is 1. The van der Waals surface area contributed by atoms with Crippen molar-refractivity contribution in [2.45, 2.75) is 25.3 Å². The van der Waals surface area contributed by atoms with Gasteiger partial charge in [0.25, 0.3) is 5.91 Å². The van der Waals surface area contributed by atoms with Crippen molar-refractivity contribution in [3.63, 3.8) is 0 Å². The van der Waals surface area contributed by atoms with Gasteiger partial charge in [-0.2, -0.15) is 0 Å². The van der Waals surface area contributed by atoms with Gasteiger partial charge in [-0.3, -0.25) is 4.79 Å². The highest BCUT2D eigenvalue weighted by molar-refractivity contribution is 7.88. The Bertz CT molecular complexity index is 734. The van der Waals surface area contributed by atoms with Gasteiger partial charge in [0.15, 0.2) is 6.61 Å². The number of nitrogens with one attached hydrogen (secondary N) is 1. The summed E-state index contributed by atoms with van der Waals surface area (Å²) in [7, 11) is -3.32. The second-order valence-electron chi connectivity index (χ2n) is 5.98. The summed E-state index contributed by atoms with van der Waals surface area (Å²) in [6.07, 6.45) is 3.60. The third-order valence-corrected chi connectivity index (χ3v) is 4.60. The van der Waals surface area contributed by atoms with E-state index in [1.165, 1.54) is 6.07 Å². The number of benzene rings is 1. The predicted molar refractivity (Wildman–Crippen MR) is 91.1 cm³/mol.